The summed E-state index contributed by atoms with van der Waals surface area (Å²) in [7, 11) is 0.882. The third-order valence-electron chi connectivity index (χ3n) is 5.03. The van der Waals surface area contributed by atoms with E-state index in [9.17, 15) is 0 Å². The zero-order valence-electron chi connectivity index (χ0n) is 18.0. The predicted molar refractivity (Wildman–Crippen MR) is 122 cm³/mol. The normalized spacial score (nSPS) is 12.5. The van der Waals surface area contributed by atoms with Crippen molar-refractivity contribution in [2.45, 2.75) is 73.1 Å². The number of hydrogen-bond acceptors (Lipinski definition) is 0. The van der Waals surface area contributed by atoms with Crippen molar-refractivity contribution in [1.82, 2.24) is 0 Å². The van der Waals surface area contributed by atoms with Gasteiger partial charge >= 0.3 is 0 Å². The summed E-state index contributed by atoms with van der Waals surface area (Å²) in [4.78, 5) is 0. The molecule has 0 aliphatic rings. The van der Waals surface area contributed by atoms with Gasteiger partial charge in [0.05, 0.1) is 0 Å². The van der Waals surface area contributed by atoms with Gasteiger partial charge in [0, 0.05) is 0 Å². The van der Waals surface area contributed by atoms with Gasteiger partial charge in [0.15, 0.2) is 0 Å². The lowest BCUT2D eigenvalue weighted by Crippen LogP contribution is -2.09. The molecular weight excluding hydrogens is 331 g/mol. The maximum Gasteiger partial charge on any atom is -0.0104 e. The van der Waals surface area contributed by atoms with Gasteiger partial charge < -0.3 is 0 Å². The summed E-state index contributed by atoms with van der Waals surface area (Å²) in [5.74, 6) is 2.38. The van der Waals surface area contributed by atoms with E-state index in [0.29, 0.717) is 17.8 Å². The van der Waals surface area contributed by atoms with E-state index in [1.807, 2.05) is 0 Å². The van der Waals surface area contributed by atoms with Crippen LogP contribution in [0.15, 0.2) is 36.4 Å². The molecule has 0 amide bonds. The monoisotopic (exact) mass is 368 g/mol. The SMILES string of the molecule is CC(C)CPc1ccccc1-c1c(C(C)C)cc(C(C)C)cc1C(C)C. The molecule has 0 aliphatic heterocycles. The third-order valence-corrected chi connectivity index (χ3v) is 6.87. The van der Waals surface area contributed by atoms with Crippen molar-refractivity contribution >= 4 is 13.9 Å². The highest BCUT2D eigenvalue weighted by Gasteiger charge is 2.20. The molecule has 0 bridgehead atoms. The summed E-state index contributed by atoms with van der Waals surface area (Å²) in [5, 5.41) is 1.53. The molecule has 0 heterocycles. The smallest absolute Gasteiger partial charge is 0.0104 e. The second kappa shape index (κ2) is 9.18. The molecule has 142 valence electrons. The average Bonchev–Trinajstić information content (AvgIpc) is 2.58. The Balaban J connectivity index is 2.72. The molecule has 1 unspecified atom stereocenters. The minimum absolute atomic E-state index is 0.530. The van der Waals surface area contributed by atoms with Crippen LogP contribution in [0.1, 0.15) is 89.8 Å². The first-order valence-corrected chi connectivity index (χ1v) is 11.4. The van der Waals surface area contributed by atoms with Crippen LogP contribution in [0.3, 0.4) is 0 Å². The predicted octanol–water partition coefficient (Wildman–Crippen LogP) is 7.68. The molecule has 26 heavy (non-hydrogen) atoms. The molecule has 1 heteroatoms. The molecule has 0 aliphatic carbocycles. The fourth-order valence-corrected chi connectivity index (χ4v) is 4.68. The van der Waals surface area contributed by atoms with Crippen LogP contribution in [0.2, 0.25) is 0 Å². The van der Waals surface area contributed by atoms with Crippen LogP contribution in [-0.2, 0) is 0 Å². The van der Waals surface area contributed by atoms with Crippen LogP contribution in [0.4, 0.5) is 0 Å². The van der Waals surface area contributed by atoms with E-state index in [-0.39, 0.29) is 0 Å². The zero-order valence-corrected chi connectivity index (χ0v) is 19.0. The Labute approximate surface area is 163 Å². The maximum atomic E-state index is 2.47. The zero-order chi connectivity index (χ0) is 19.4. The Hall–Kier alpha value is -1.13. The van der Waals surface area contributed by atoms with Crippen molar-refractivity contribution < 1.29 is 0 Å². The standard InChI is InChI=1S/C25H37P/c1-16(2)15-26-24-12-10-9-11-21(24)25-22(18(5)6)13-20(17(3)4)14-23(25)19(7)8/h9-14,16-19,26H,15H2,1-8H3. The highest BCUT2D eigenvalue weighted by atomic mass is 31.1. The molecule has 0 aromatic heterocycles. The molecule has 0 nitrogen and oxygen atoms in total. The largest absolute Gasteiger partial charge is 0.0895 e. The summed E-state index contributed by atoms with van der Waals surface area (Å²) in [6, 6.07) is 14.1. The molecule has 2 rings (SSSR count). The molecule has 0 spiro atoms. The van der Waals surface area contributed by atoms with E-state index in [4.69, 9.17) is 0 Å². The van der Waals surface area contributed by atoms with Crippen molar-refractivity contribution in [3.05, 3.63) is 53.1 Å². The molecular formula is C25H37P. The minimum atomic E-state index is 0.530. The summed E-state index contributed by atoms with van der Waals surface area (Å²) in [5.41, 5.74) is 7.48. The van der Waals surface area contributed by atoms with Gasteiger partial charge in [0.25, 0.3) is 0 Å². The highest BCUT2D eigenvalue weighted by Crippen LogP contribution is 2.39. The Morgan fingerprint density at radius 1 is 0.731 bits per heavy atom. The molecule has 0 N–H and O–H groups in total. The van der Waals surface area contributed by atoms with Crippen molar-refractivity contribution in [2.75, 3.05) is 6.16 Å². The first-order valence-electron chi connectivity index (χ1n) is 10.2. The second-order valence-corrected chi connectivity index (χ2v) is 10.2. The van der Waals surface area contributed by atoms with Crippen molar-refractivity contribution in [1.29, 1.82) is 0 Å². The van der Waals surface area contributed by atoms with E-state index in [2.05, 4.69) is 91.8 Å². The maximum absolute atomic E-state index is 2.47. The molecule has 0 radical (unpaired) electrons. The van der Waals surface area contributed by atoms with Crippen molar-refractivity contribution in [2.24, 2.45) is 5.92 Å². The topological polar surface area (TPSA) is 0 Å². The van der Waals surface area contributed by atoms with Crippen LogP contribution in [-0.4, -0.2) is 6.16 Å². The third kappa shape index (κ3) is 4.98. The number of hydrogen-bond donors (Lipinski definition) is 0. The van der Waals surface area contributed by atoms with E-state index < -0.39 is 0 Å². The van der Waals surface area contributed by atoms with Gasteiger partial charge in [-0.05, 0) is 63.0 Å². The molecule has 0 saturated heterocycles. The van der Waals surface area contributed by atoms with Gasteiger partial charge in [0.2, 0.25) is 0 Å². The van der Waals surface area contributed by atoms with E-state index in [0.717, 1.165) is 14.5 Å². The number of rotatable bonds is 7. The lowest BCUT2D eigenvalue weighted by Gasteiger charge is -2.25. The summed E-state index contributed by atoms with van der Waals surface area (Å²) in [6.45, 7) is 18.6. The van der Waals surface area contributed by atoms with Gasteiger partial charge in [-0.1, -0.05) is 100 Å². The van der Waals surface area contributed by atoms with Gasteiger partial charge in [-0.2, -0.15) is 0 Å². The summed E-state index contributed by atoms with van der Waals surface area (Å²) >= 11 is 0. The second-order valence-electron chi connectivity index (χ2n) is 8.86. The molecule has 1 atom stereocenters. The van der Waals surface area contributed by atoms with Crippen LogP contribution in [0.25, 0.3) is 11.1 Å². The van der Waals surface area contributed by atoms with Gasteiger partial charge in [-0.3, -0.25) is 0 Å². The molecule has 2 aromatic carbocycles. The lowest BCUT2D eigenvalue weighted by molar-refractivity contribution is 0.749. The van der Waals surface area contributed by atoms with E-state index in [1.165, 1.54) is 39.3 Å². The van der Waals surface area contributed by atoms with E-state index >= 15 is 0 Å². The van der Waals surface area contributed by atoms with Crippen LogP contribution in [0.5, 0.6) is 0 Å². The Morgan fingerprint density at radius 3 is 1.73 bits per heavy atom. The van der Waals surface area contributed by atoms with Crippen LogP contribution >= 0.6 is 8.58 Å². The highest BCUT2D eigenvalue weighted by molar-refractivity contribution is 7.47. The van der Waals surface area contributed by atoms with Crippen molar-refractivity contribution in [3.63, 3.8) is 0 Å². The van der Waals surface area contributed by atoms with Crippen LogP contribution in [0, 0.1) is 5.92 Å². The Morgan fingerprint density at radius 2 is 1.27 bits per heavy atom. The summed E-state index contributed by atoms with van der Waals surface area (Å²) < 4.78 is 0. The molecule has 2 aromatic rings. The van der Waals surface area contributed by atoms with Gasteiger partial charge in [-0.15, -0.1) is 0 Å². The first kappa shape index (κ1) is 21.2. The first-order chi connectivity index (χ1) is 12.2. The van der Waals surface area contributed by atoms with Crippen LogP contribution < -0.4 is 5.30 Å². The molecule has 0 fully saturated rings. The minimum Gasteiger partial charge on any atom is -0.0895 e. The fourth-order valence-electron chi connectivity index (χ4n) is 3.44. The Bertz CT molecular complexity index is 694. The number of benzene rings is 2. The average molecular weight is 369 g/mol. The molecule has 0 saturated carbocycles. The van der Waals surface area contributed by atoms with E-state index in [1.54, 1.807) is 0 Å². The quantitative estimate of drug-likeness (QED) is 0.440. The fraction of sp³-hybridized carbons (Fsp3) is 0.520. The Kier molecular flexibility index (Phi) is 7.48. The summed E-state index contributed by atoms with van der Waals surface area (Å²) in [6.07, 6.45) is 1.27. The van der Waals surface area contributed by atoms with Gasteiger partial charge in [0.1, 0.15) is 0 Å². The van der Waals surface area contributed by atoms with Crippen molar-refractivity contribution in [3.8, 4) is 11.1 Å². The lowest BCUT2D eigenvalue weighted by atomic mass is 9.82. The van der Waals surface area contributed by atoms with Gasteiger partial charge in [-0.25, -0.2) is 0 Å².